The third-order valence-electron chi connectivity index (χ3n) is 5.49. The van der Waals surface area contributed by atoms with Crippen molar-refractivity contribution in [3.05, 3.63) is 64.3 Å². The van der Waals surface area contributed by atoms with E-state index in [1.165, 1.54) is 17.4 Å². The van der Waals surface area contributed by atoms with Gasteiger partial charge in [0, 0.05) is 35.3 Å². The fraction of sp³-hybridized carbons (Fsp3) is 0.348. The first-order valence-corrected chi connectivity index (χ1v) is 10.6. The quantitative estimate of drug-likeness (QED) is 0.568. The van der Waals surface area contributed by atoms with E-state index in [0.717, 1.165) is 41.8 Å². The molecule has 1 amide bonds. The second-order valence-corrected chi connectivity index (χ2v) is 8.36. The Bertz CT molecular complexity index is 1030. The van der Waals surface area contributed by atoms with Crippen LogP contribution in [0.5, 0.6) is 5.75 Å². The zero-order chi connectivity index (χ0) is 20.4. The van der Waals surface area contributed by atoms with Crippen LogP contribution in [0.25, 0.3) is 10.1 Å². The van der Waals surface area contributed by atoms with Crippen LogP contribution in [0.1, 0.15) is 33.6 Å². The van der Waals surface area contributed by atoms with Crippen molar-refractivity contribution >= 4 is 27.3 Å². The van der Waals surface area contributed by atoms with Crippen molar-refractivity contribution in [1.82, 2.24) is 4.90 Å². The minimum Gasteiger partial charge on any atom is -0.497 e. The molecular formula is C23H24FNO3S. The molecule has 0 saturated carbocycles. The maximum absolute atomic E-state index is 14.5. The number of benzene rings is 2. The minimum absolute atomic E-state index is 0.0250. The molecule has 1 aliphatic rings. The maximum atomic E-state index is 14.5. The number of methoxy groups -OCH3 is 2. The molecule has 29 heavy (non-hydrogen) atoms. The molecule has 2 aromatic carbocycles. The van der Waals surface area contributed by atoms with E-state index in [0.29, 0.717) is 15.8 Å². The number of hydrogen-bond donors (Lipinski definition) is 0. The van der Waals surface area contributed by atoms with Gasteiger partial charge in [-0.05, 0) is 49.1 Å². The molecule has 1 aliphatic heterocycles. The van der Waals surface area contributed by atoms with Gasteiger partial charge in [0.2, 0.25) is 0 Å². The molecule has 1 unspecified atom stereocenters. The number of hydrogen-bond acceptors (Lipinski definition) is 4. The SMILES string of the molecule is COCc1c(C(=O)N2CCCC2Cc2cccc(OC)c2)sc2cccc(F)c12. The van der Waals surface area contributed by atoms with Gasteiger partial charge < -0.3 is 14.4 Å². The lowest BCUT2D eigenvalue weighted by Crippen LogP contribution is -2.36. The Balaban J connectivity index is 1.64. The summed E-state index contributed by atoms with van der Waals surface area (Å²) >= 11 is 1.36. The lowest BCUT2D eigenvalue weighted by atomic mass is 10.0. The molecule has 6 heteroatoms. The first kappa shape index (κ1) is 19.9. The standard InChI is InChI=1S/C23H24FNO3S/c1-27-14-18-21-19(24)9-4-10-20(21)29-22(18)23(26)25-11-5-7-16(25)12-15-6-3-8-17(13-15)28-2/h3-4,6,8-10,13,16H,5,7,11-12,14H2,1-2H3. The number of likely N-dealkylation sites (tertiary alicyclic amines) is 1. The normalized spacial score (nSPS) is 16.5. The summed E-state index contributed by atoms with van der Waals surface area (Å²) < 4.78 is 25.9. The molecule has 1 fully saturated rings. The molecular weight excluding hydrogens is 389 g/mol. The number of ether oxygens (including phenoxy) is 2. The smallest absolute Gasteiger partial charge is 0.264 e. The van der Waals surface area contributed by atoms with Gasteiger partial charge in [0.05, 0.1) is 18.6 Å². The van der Waals surface area contributed by atoms with Gasteiger partial charge in [-0.2, -0.15) is 0 Å². The van der Waals surface area contributed by atoms with E-state index in [-0.39, 0.29) is 24.4 Å². The van der Waals surface area contributed by atoms with Crippen molar-refractivity contribution in [3.8, 4) is 5.75 Å². The highest BCUT2D eigenvalue weighted by atomic mass is 32.1. The molecule has 1 aromatic heterocycles. The summed E-state index contributed by atoms with van der Waals surface area (Å²) in [5.41, 5.74) is 1.80. The van der Waals surface area contributed by atoms with Crippen LogP contribution in [0.3, 0.4) is 0 Å². The van der Waals surface area contributed by atoms with Crippen molar-refractivity contribution in [2.45, 2.75) is 31.9 Å². The highest BCUT2D eigenvalue weighted by Crippen LogP contribution is 2.36. The molecule has 0 aliphatic carbocycles. The van der Waals surface area contributed by atoms with E-state index in [4.69, 9.17) is 9.47 Å². The maximum Gasteiger partial charge on any atom is 0.264 e. The van der Waals surface area contributed by atoms with Gasteiger partial charge in [0.1, 0.15) is 11.6 Å². The van der Waals surface area contributed by atoms with E-state index in [2.05, 4.69) is 6.07 Å². The number of nitrogens with zero attached hydrogens (tertiary/aromatic N) is 1. The first-order chi connectivity index (χ1) is 14.1. The van der Waals surface area contributed by atoms with Crippen LogP contribution in [0.2, 0.25) is 0 Å². The van der Waals surface area contributed by atoms with Gasteiger partial charge in [0.25, 0.3) is 5.91 Å². The largest absolute Gasteiger partial charge is 0.497 e. The molecule has 0 radical (unpaired) electrons. The number of carbonyl (C=O) groups excluding carboxylic acids is 1. The second-order valence-electron chi connectivity index (χ2n) is 7.31. The van der Waals surface area contributed by atoms with E-state index >= 15 is 0 Å². The van der Waals surface area contributed by atoms with Gasteiger partial charge in [-0.15, -0.1) is 11.3 Å². The Morgan fingerprint density at radius 3 is 2.86 bits per heavy atom. The molecule has 4 nitrogen and oxygen atoms in total. The topological polar surface area (TPSA) is 38.8 Å². The zero-order valence-corrected chi connectivity index (χ0v) is 17.4. The molecule has 4 rings (SSSR count). The molecule has 1 saturated heterocycles. The highest BCUT2D eigenvalue weighted by Gasteiger charge is 2.32. The van der Waals surface area contributed by atoms with Gasteiger partial charge in [-0.3, -0.25) is 4.79 Å². The summed E-state index contributed by atoms with van der Waals surface area (Å²) in [6, 6.07) is 13.1. The van der Waals surface area contributed by atoms with E-state index in [1.807, 2.05) is 29.2 Å². The third-order valence-corrected chi connectivity index (χ3v) is 6.67. The van der Waals surface area contributed by atoms with Crippen molar-refractivity contribution < 1.29 is 18.7 Å². The van der Waals surface area contributed by atoms with Crippen LogP contribution < -0.4 is 4.74 Å². The monoisotopic (exact) mass is 413 g/mol. The van der Waals surface area contributed by atoms with E-state index < -0.39 is 0 Å². The fourth-order valence-electron chi connectivity index (χ4n) is 4.14. The second kappa shape index (κ2) is 8.51. The summed E-state index contributed by atoms with van der Waals surface area (Å²) in [6.07, 6.45) is 2.71. The molecule has 0 N–H and O–H groups in total. The minimum atomic E-state index is -0.306. The third kappa shape index (κ3) is 3.87. The number of fused-ring (bicyclic) bond motifs is 1. The van der Waals surface area contributed by atoms with Crippen LogP contribution in [-0.2, 0) is 17.8 Å². The molecule has 2 heterocycles. The Hall–Kier alpha value is -2.44. The Morgan fingerprint density at radius 1 is 1.24 bits per heavy atom. The van der Waals surface area contributed by atoms with Crippen LogP contribution in [0.4, 0.5) is 4.39 Å². The number of amides is 1. The molecule has 0 spiro atoms. The van der Waals surface area contributed by atoms with Crippen LogP contribution >= 0.6 is 11.3 Å². The lowest BCUT2D eigenvalue weighted by Gasteiger charge is -2.25. The van der Waals surface area contributed by atoms with Gasteiger partial charge in [-0.25, -0.2) is 4.39 Å². The lowest BCUT2D eigenvalue weighted by molar-refractivity contribution is 0.0737. The van der Waals surface area contributed by atoms with Crippen LogP contribution in [-0.4, -0.2) is 37.6 Å². The van der Waals surface area contributed by atoms with Crippen molar-refractivity contribution in [2.24, 2.45) is 0 Å². The molecule has 0 bridgehead atoms. The molecule has 3 aromatic rings. The number of halogens is 1. The fourth-order valence-corrected chi connectivity index (χ4v) is 5.32. The summed E-state index contributed by atoms with van der Waals surface area (Å²) in [5, 5.41) is 0.506. The predicted octanol–water partition coefficient (Wildman–Crippen LogP) is 5.04. The Morgan fingerprint density at radius 2 is 2.07 bits per heavy atom. The number of thiophene rings is 1. The Kier molecular flexibility index (Phi) is 5.83. The average molecular weight is 414 g/mol. The summed E-state index contributed by atoms with van der Waals surface area (Å²) in [4.78, 5) is 16.0. The zero-order valence-electron chi connectivity index (χ0n) is 16.6. The molecule has 152 valence electrons. The van der Waals surface area contributed by atoms with Crippen LogP contribution in [0, 0.1) is 5.82 Å². The van der Waals surface area contributed by atoms with Gasteiger partial charge >= 0.3 is 0 Å². The van der Waals surface area contributed by atoms with E-state index in [1.54, 1.807) is 20.3 Å². The Labute approximate surface area is 173 Å². The number of carbonyl (C=O) groups is 1. The first-order valence-electron chi connectivity index (χ1n) is 9.75. The van der Waals surface area contributed by atoms with Crippen molar-refractivity contribution in [3.63, 3.8) is 0 Å². The average Bonchev–Trinajstić information content (AvgIpc) is 3.33. The van der Waals surface area contributed by atoms with E-state index in [9.17, 15) is 9.18 Å². The summed E-state index contributed by atoms with van der Waals surface area (Å²) in [6.45, 7) is 0.938. The van der Waals surface area contributed by atoms with Gasteiger partial charge in [0.15, 0.2) is 0 Å². The van der Waals surface area contributed by atoms with Crippen molar-refractivity contribution in [1.29, 1.82) is 0 Å². The van der Waals surface area contributed by atoms with Gasteiger partial charge in [-0.1, -0.05) is 18.2 Å². The summed E-state index contributed by atoms with van der Waals surface area (Å²) in [5.74, 6) is 0.489. The molecule has 1 atom stereocenters. The van der Waals surface area contributed by atoms with Crippen molar-refractivity contribution in [2.75, 3.05) is 20.8 Å². The predicted molar refractivity (Wildman–Crippen MR) is 113 cm³/mol. The highest BCUT2D eigenvalue weighted by molar-refractivity contribution is 7.21. The summed E-state index contributed by atoms with van der Waals surface area (Å²) in [7, 11) is 3.22. The van der Waals surface area contributed by atoms with Crippen LogP contribution in [0.15, 0.2) is 42.5 Å². The number of rotatable bonds is 6.